The highest BCUT2D eigenvalue weighted by Crippen LogP contribution is 2.26. The number of sulfonamides is 1. The summed E-state index contributed by atoms with van der Waals surface area (Å²) in [5.74, 6) is -1.24. The normalized spacial score (nSPS) is 13.2. The minimum Gasteiger partial charge on any atom is -0.477 e. The maximum atomic E-state index is 12.4. The highest BCUT2D eigenvalue weighted by molar-refractivity contribution is 7.89. The van der Waals surface area contributed by atoms with E-state index in [2.05, 4.69) is 9.71 Å². The van der Waals surface area contributed by atoms with E-state index in [1.807, 2.05) is 0 Å². The van der Waals surface area contributed by atoms with E-state index in [1.165, 1.54) is 5.38 Å². The van der Waals surface area contributed by atoms with Crippen LogP contribution < -0.4 is 4.72 Å². The lowest BCUT2D eigenvalue weighted by Gasteiger charge is -2.15. The molecule has 2 heterocycles. The number of nitrogens with zero attached hydrogens (tertiary/aromatic N) is 2. The smallest absolute Gasteiger partial charge is 0.347 e. The first-order valence-corrected chi connectivity index (χ1v) is 8.47. The van der Waals surface area contributed by atoms with E-state index in [0.29, 0.717) is 12.1 Å². The summed E-state index contributed by atoms with van der Waals surface area (Å²) in [6.07, 6.45) is 4.92. The Balaban J connectivity index is 2.22. The van der Waals surface area contributed by atoms with Gasteiger partial charge in [0.2, 0.25) is 10.0 Å². The van der Waals surface area contributed by atoms with Crippen LogP contribution in [0.25, 0.3) is 0 Å². The summed E-state index contributed by atoms with van der Waals surface area (Å²) < 4.78 is 29.0. The number of hydrogen-bond acceptors (Lipinski definition) is 5. The molecule has 0 aliphatic rings. The van der Waals surface area contributed by atoms with Crippen LogP contribution in [0.3, 0.4) is 0 Å². The van der Waals surface area contributed by atoms with Gasteiger partial charge in [-0.15, -0.1) is 11.3 Å². The molecule has 2 rings (SSSR count). The lowest BCUT2D eigenvalue weighted by atomic mass is 10.3. The lowest BCUT2D eigenvalue weighted by molar-refractivity contribution is 0.0698. The van der Waals surface area contributed by atoms with Crippen LogP contribution in [-0.4, -0.2) is 35.1 Å². The van der Waals surface area contributed by atoms with Gasteiger partial charge in [0.05, 0.1) is 6.33 Å². The number of imidazole rings is 1. The summed E-state index contributed by atoms with van der Waals surface area (Å²) in [5.41, 5.74) is 0.430. The third-order valence-corrected chi connectivity index (χ3v) is 5.77. The molecule has 2 aromatic heterocycles. The zero-order valence-electron chi connectivity index (χ0n) is 11.5. The molecule has 0 fully saturated rings. The molecule has 0 saturated carbocycles. The standard InChI is InChI=1S/C12H15N3O4S2/c1-8-6-20-10(12(16)17)11(8)21(18,19)14-9(2)5-15-4-3-13-7-15/h3-4,6-7,9,14H,5H2,1-2H3,(H,16,17). The molecule has 2 N–H and O–H groups in total. The second kappa shape index (κ2) is 5.96. The second-order valence-electron chi connectivity index (χ2n) is 4.66. The van der Waals surface area contributed by atoms with Crippen molar-refractivity contribution in [2.75, 3.05) is 0 Å². The van der Waals surface area contributed by atoms with Crippen molar-refractivity contribution in [1.29, 1.82) is 0 Å². The Bertz CT molecular complexity index is 735. The van der Waals surface area contributed by atoms with Crippen LogP contribution in [0.5, 0.6) is 0 Å². The van der Waals surface area contributed by atoms with Gasteiger partial charge in [-0.3, -0.25) is 0 Å². The molecule has 0 amide bonds. The van der Waals surface area contributed by atoms with Crippen LogP contribution in [0.2, 0.25) is 0 Å². The first kappa shape index (κ1) is 15.7. The summed E-state index contributed by atoms with van der Waals surface area (Å²) in [4.78, 5) is 14.7. The van der Waals surface area contributed by atoms with E-state index >= 15 is 0 Å². The van der Waals surface area contributed by atoms with Gasteiger partial charge in [0.15, 0.2) is 0 Å². The molecule has 0 radical (unpaired) electrons. The quantitative estimate of drug-likeness (QED) is 0.832. The van der Waals surface area contributed by atoms with Gasteiger partial charge in [0.25, 0.3) is 0 Å². The molecule has 0 aromatic carbocycles. The molecule has 7 nitrogen and oxygen atoms in total. The molecule has 114 valence electrons. The Kier molecular flexibility index (Phi) is 4.45. The third-order valence-electron chi connectivity index (χ3n) is 2.78. The number of thiophene rings is 1. The SMILES string of the molecule is Cc1csc(C(=O)O)c1S(=O)(=O)NC(C)Cn1ccnc1. The molecule has 9 heteroatoms. The van der Waals surface area contributed by atoms with Gasteiger partial charge in [0.1, 0.15) is 9.77 Å². The zero-order chi connectivity index (χ0) is 15.6. The fraction of sp³-hybridized carbons (Fsp3) is 0.333. The molecule has 0 saturated heterocycles. The molecule has 2 aromatic rings. The monoisotopic (exact) mass is 329 g/mol. The van der Waals surface area contributed by atoms with Crippen molar-refractivity contribution >= 4 is 27.3 Å². The predicted molar refractivity (Wildman–Crippen MR) is 78.0 cm³/mol. The fourth-order valence-corrected chi connectivity index (χ4v) is 4.85. The van der Waals surface area contributed by atoms with E-state index in [9.17, 15) is 13.2 Å². The van der Waals surface area contributed by atoms with Crippen molar-refractivity contribution in [2.45, 2.75) is 31.3 Å². The second-order valence-corrected chi connectivity index (χ2v) is 7.19. The zero-order valence-corrected chi connectivity index (χ0v) is 13.1. The summed E-state index contributed by atoms with van der Waals surface area (Å²) in [7, 11) is -3.88. The minimum absolute atomic E-state index is 0.155. The summed E-state index contributed by atoms with van der Waals surface area (Å²) in [6, 6.07) is -0.398. The van der Waals surface area contributed by atoms with E-state index in [-0.39, 0.29) is 9.77 Å². The van der Waals surface area contributed by atoms with Crippen LogP contribution in [-0.2, 0) is 16.6 Å². The number of carboxylic acids is 1. The first-order chi connectivity index (χ1) is 9.81. The summed E-state index contributed by atoms with van der Waals surface area (Å²) in [5, 5.41) is 10.6. The van der Waals surface area contributed by atoms with Crippen molar-refractivity contribution < 1.29 is 18.3 Å². The number of aryl methyl sites for hydroxylation is 1. The van der Waals surface area contributed by atoms with Crippen LogP contribution in [0.4, 0.5) is 0 Å². The molecule has 0 aliphatic heterocycles. The molecular weight excluding hydrogens is 314 g/mol. The van der Waals surface area contributed by atoms with Crippen molar-refractivity contribution in [3.05, 3.63) is 34.5 Å². The van der Waals surface area contributed by atoms with Crippen molar-refractivity contribution in [3.63, 3.8) is 0 Å². The van der Waals surface area contributed by atoms with Gasteiger partial charge >= 0.3 is 5.97 Å². The number of hydrogen-bond donors (Lipinski definition) is 2. The first-order valence-electron chi connectivity index (χ1n) is 6.10. The van der Waals surface area contributed by atoms with Crippen molar-refractivity contribution in [2.24, 2.45) is 0 Å². The lowest BCUT2D eigenvalue weighted by Crippen LogP contribution is -2.36. The van der Waals surface area contributed by atoms with Gasteiger partial charge in [-0.1, -0.05) is 0 Å². The Morgan fingerprint density at radius 1 is 1.57 bits per heavy atom. The van der Waals surface area contributed by atoms with Crippen LogP contribution in [0.1, 0.15) is 22.2 Å². The highest BCUT2D eigenvalue weighted by atomic mass is 32.2. The van der Waals surface area contributed by atoms with Crippen molar-refractivity contribution in [1.82, 2.24) is 14.3 Å². The summed E-state index contributed by atoms with van der Waals surface area (Å²) in [6.45, 7) is 3.70. The number of aromatic carboxylic acids is 1. The van der Waals surface area contributed by atoms with E-state index in [1.54, 1.807) is 37.1 Å². The van der Waals surface area contributed by atoms with E-state index in [4.69, 9.17) is 5.11 Å². The average Bonchev–Trinajstić information content (AvgIpc) is 2.97. The van der Waals surface area contributed by atoms with Gasteiger partial charge in [-0.25, -0.2) is 22.9 Å². The van der Waals surface area contributed by atoms with Crippen LogP contribution >= 0.6 is 11.3 Å². The fourth-order valence-electron chi connectivity index (χ4n) is 1.99. The molecule has 0 spiro atoms. The van der Waals surface area contributed by atoms with Crippen LogP contribution in [0.15, 0.2) is 29.0 Å². The Morgan fingerprint density at radius 2 is 2.29 bits per heavy atom. The number of nitrogens with one attached hydrogen (secondary N) is 1. The van der Waals surface area contributed by atoms with E-state index < -0.39 is 22.0 Å². The molecule has 0 aliphatic carbocycles. The molecule has 21 heavy (non-hydrogen) atoms. The van der Waals surface area contributed by atoms with Crippen LogP contribution in [0, 0.1) is 6.92 Å². The number of rotatable bonds is 6. The van der Waals surface area contributed by atoms with Gasteiger partial charge in [-0.2, -0.15) is 0 Å². The maximum absolute atomic E-state index is 12.4. The minimum atomic E-state index is -3.88. The number of carbonyl (C=O) groups is 1. The molecular formula is C12H15N3O4S2. The topological polar surface area (TPSA) is 101 Å². The van der Waals surface area contributed by atoms with Gasteiger partial charge in [-0.05, 0) is 24.8 Å². The number of carboxylic acid groups (broad SMARTS) is 1. The van der Waals surface area contributed by atoms with Crippen molar-refractivity contribution in [3.8, 4) is 0 Å². The average molecular weight is 329 g/mol. The van der Waals surface area contributed by atoms with E-state index in [0.717, 1.165) is 11.3 Å². The third kappa shape index (κ3) is 3.49. The molecule has 1 unspecified atom stereocenters. The Labute approximate surface area is 126 Å². The predicted octanol–water partition coefficient (Wildman–Crippen LogP) is 1.32. The molecule has 0 bridgehead atoms. The van der Waals surface area contributed by atoms with Gasteiger partial charge in [0, 0.05) is 25.0 Å². The molecule has 1 atom stereocenters. The Hall–Kier alpha value is -1.71. The van der Waals surface area contributed by atoms with Gasteiger partial charge < -0.3 is 9.67 Å². The largest absolute Gasteiger partial charge is 0.477 e. The highest BCUT2D eigenvalue weighted by Gasteiger charge is 2.27. The summed E-state index contributed by atoms with van der Waals surface area (Å²) >= 11 is 0.910. The number of aromatic nitrogens is 2. The maximum Gasteiger partial charge on any atom is 0.347 e. The Morgan fingerprint density at radius 3 is 2.86 bits per heavy atom.